The van der Waals surface area contributed by atoms with Crippen LogP contribution in [0.25, 0.3) is 16.8 Å². The van der Waals surface area contributed by atoms with E-state index in [0.29, 0.717) is 0 Å². The Morgan fingerprint density at radius 1 is 0.852 bits per heavy atom. The number of benzene rings is 3. The summed E-state index contributed by atoms with van der Waals surface area (Å²) in [4.78, 5) is 0. The van der Waals surface area contributed by atoms with Crippen LogP contribution in [0.1, 0.15) is 16.7 Å². The minimum atomic E-state index is 0.800. The molecule has 0 spiro atoms. The van der Waals surface area contributed by atoms with Gasteiger partial charge < -0.3 is 0 Å². The maximum absolute atomic E-state index is 4.20. The molecule has 0 bridgehead atoms. The summed E-state index contributed by atoms with van der Waals surface area (Å²) in [6.45, 7) is 4.17. The quantitative estimate of drug-likeness (QED) is 0.450. The molecule has 0 N–H and O–H groups in total. The summed E-state index contributed by atoms with van der Waals surface area (Å²) < 4.78 is 1.82. The fraction of sp³-hybridized carbons (Fsp3) is 0.136. The van der Waals surface area contributed by atoms with E-state index >= 15 is 0 Å². The molecule has 0 aliphatic carbocycles. The number of hydrogen-bond donors (Lipinski definition) is 0. The van der Waals surface area contributed by atoms with Gasteiger partial charge in [-0.05, 0) is 52.6 Å². The van der Waals surface area contributed by atoms with E-state index in [1.165, 1.54) is 22.3 Å². The normalized spacial score (nSPS) is 10.9. The van der Waals surface area contributed by atoms with Crippen molar-refractivity contribution in [3.8, 4) is 16.8 Å². The number of thioether (sulfide) groups is 1. The minimum Gasteiger partial charge on any atom is -0.187 e. The van der Waals surface area contributed by atoms with E-state index in [1.54, 1.807) is 11.8 Å². The van der Waals surface area contributed by atoms with Crippen LogP contribution in [0.3, 0.4) is 0 Å². The van der Waals surface area contributed by atoms with E-state index in [-0.39, 0.29) is 0 Å². The summed E-state index contributed by atoms with van der Waals surface area (Å²) in [6, 6.07) is 25.4. The van der Waals surface area contributed by atoms with E-state index in [9.17, 15) is 0 Å². The van der Waals surface area contributed by atoms with Crippen LogP contribution in [0.15, 0.2) is 78.0 Å². The van der Waals surface area contributed by atoms with Crippen LogP contribution in [-0.4, -0.2) is 20.2 Å². The van der Waals surface area contributed by atoms with Crippen LogP contribution >= 0.6 is 11.8 Å². The van der Waals surface area contributed by atoms with Gasteiger partial charge >= 0.3 is 0 Å². The van der Waals surface area contributed by atoms with E-state index in [2.05, 4.69) is 96.1 Å². The molecule has 0 fully saturated rings. The number of hydrogen-bond acceptors (Lipinski definition) is 4. The largest absolute Gasteiger partial charge is 0.214 e. The second-order valence-electron chi connectivity index (χ2n) is 6.51. The summed E-state index contributed by atoms with van der Waals surface area (Å²) in [6.07, 6.45) is 0. The first-order valence-corrected chi connectivity index (χ1v) is 9.82. The van der Waals surface area contributed by atoms with Crippen molar-refractivity contribution in [2.24, 2.45) is 0 Å². The maximum Gasteiger partial charge on any atom is 0.214 e. The van der Waals surface area contributed by atoms with Crippen molar-refractivity contribution in [3.05, 3.63) is 89.5 Å². The number of tetrazole rings is 1. The molecule has 0 unspecified atom stereocenters. The third-order valence-electron chi connectivity index (χ3n) is 4.45. The number of rotatable bonds is 5. The molecule has 3 aromatic carbocycles. The summed E-state index contributed by atoms with van der Waals surface area (Å²) >= 11 is 1.64. The third-order valence-corrected chi connectivity index (χ3v) is 5.44. The van der Waals surface area contributed by atoms with Crippen molar-refractivity contribution in [2.45, 2.75) is 24.8 Å². The van der Waals surface area contributed by atoms with Gasteiger partial charge in [-0.25, -0.2) is 0 Å². The molecular weight excluding hydrogens is 352 g/mol. The lowest BCUT2D eigenvalue weighted by molar-refractivity contribution is 0.751. The second kappa shape index (κ2) is 7.76. The van der Waals surface area contributed by atoms with Gasteiger partial charge in [-0.15, -0.1) is 5.10 Å². The van der Waals surface area contributed by atoms with Crippen LogP contribution in [0.5, 0.6) is 0 Å². The highest BCUT2D eigenvalue weighted by Crippen LogP contribution is 2.26. The fourth-order valence-electron chi connectivity index (χ4n) is 3.04. The molecule has 4 rings (SSSR count). The molecule has 5 heteroatoms. The molecule has 0 aliphatic heterocycles. The Labute approximate surface area is 163 Å². The van der Waals surface area contributed by atoms with Crippen LogP contribution in [0, 0.1) is 13.8 Å². The van der Waals surface area contributed by atoms with Crippen LogP contribution in [0.4, 0.5) is 0 Å². The second-order valence-corrected chi connectivity index (χ2v) is 7.46. The van der Waals surface area contributed by atoms with Gasteiger partial charge in [0.1, 0.15) is 0 Å². The van der Waals surface area contributed by atoms with Crippen molar-refractivity contribution in [2.75, 3.05) is 0 Å². The Morgan fingerprint density at radius 3 is 2.33 bits per heavy atom. The summed E-state index contributed by atoms with van der Waals surface area (Å²) in [5, 5.41) is 13.0. The van der Waals surface area contributed by atoms with Gasteiger partial charge in [-0.1, -0.05) is 84.1 Å². The minimum absolute atomic E-state index is 0.800. The molecular formula is C22H20N4S. The topological polar surface area (TPSA) is 43.6 Å². The van der Waals surface area contributed by atoms with Crippen molar-refractivity contribution in [3.63, 3.8) is 0 Å². The number of nitrogens with zero attached hydrogens (tertiary/aromatic N) is 4. The van der Waals surface area contributed by atoms with Gasteiger partial charge in [0.2, 0.25) is 5.16 Å². The summed E-state index contributed by atoms with van der Waals surface area (Å²) in [5.74, 6) is 0.820. The Balaban J connectivity index is 1.49. The zero-order valence-corrected chi connectivity index (χ0v) is 16.1. The van der Waals surface area contributed by atoms with E-state index in [4.69, 9.17) is 0 Å². The molecule has 0 aliphatic rings. The lowest BCUT2D eigenvalue weighted by Gasteiger charge is -2.08. The van der Waals surface area contributed by atoms with Gasteiger partial charge in [0.25, 0.3) is 0 Å². The summed E-state index contributed by atoms with van der Waals surface area (Å²) in [5.41, 5.74) is 7.12. The first kappa shape index (κ1) is 17.5. The molecule has 0 atom stereocenters. The predicted octanol–water partition coefficient (Wildman–Crippen LogP) is 5.24. The highest BCUT2D eigenvalue weighted by Gasteiger charge is 2.11. The lowest BCUT2D eigenvalue weighted by atomic mass is 10.0. The van der Waals surface area contributed by atoms with Crippen LogP contribution < -0.4 is 0 Å². The predicted molar refractivity (Wildman–Crippen MR) is 110 cm³/mol. The molecule has 0 saturated heterocycles. The monoisotopic (exact) mass is 372 g/mol. The van der Waals surface area contributed by atoms with Gasteiger partial charge in [0, 0.05) is 5.75 Å². The standard InChI is InChI=1S/C22H20N4S/c1-16-8-13-21(17(2)14-16)26-22(23-24-25-26)27-15-18-9-11-20(12-10-18)19-6-4-3-5-7-19/h3-14H,15H2,1-2H3. The Hall–Kier alpha value is -2.92. The smallest absolute Gasteiger partial charge is 0.187 e. The number of aryl methyl sites for hydroxylation is 2. The van der Waals surface area contributed by atoms with Gasteiger partial charge in [0.05, 0.1) is 5.69 Å². The average molecular weight is 372 g/mol. The molecule has 1 aromatic heterocycles. The molecule has 134 valence electrons. The zero-order chi connectivity index (χ0) is 18.6. The first-order valence-electron chi connectivity index (χ1n) is 8.84. The Bertz CT molecular complexity index is 1040. The SMILES string of the molecule is Cc1ccc(-n2nnnc2SCc2ccc(-c3ccccc3)cc2)c(C)c1. The molecule has 0 radical (unpaired) electrons. The Kier molecular flexibility index (Phi) is 5.03. The highest BCUT2D eigenvalue weighted by molar-refractivity contribution is 7.98. The van der Waals surface area contributed by atoms with E-state index < -0.39 is 0 Å². The Morgan fingerprint density at radius 2 is 1.59 bits per heavy atom. The number of aromatic nitrogens is 4. The van der Waals surface area contributed by atoms with Gasteiger partial charge in [-0.3, -0.25) is 0 Å². The molecule has 1 heterocycles. The molecule has 0 saturated carbocycles. The van der Waals surface area contributed by atoms with Crippen LogP contribution in [0.2, 0.25) is 0 Å². The van der Waals surface area contributed by atoms with Crippen LogP contribution in [-0.2, 0) is 5.75 Å². The fourth-order valence-corrected chi connectivity index (χ4v) is 3.87. The van der Waals surface area contributed by atoms with Crippen molar-refractivity contribution in [1.29, 1.82) is 0 Å². The third kappa shape index (κ3) is 3.93. The van der Waals surface area contributed by atoms with Crippen molar-refractivity contribution in [1.82, 2.24) is 20.2 Å². The lowest BCUT2D eigenvalue weighted by Crippen LogP contribution is -2.01. The first-order chi connectivity index (χ1) is 13.2. The average Bonchev–Trinajstić information content (AvgIpc) is 3.16. The summed E-state index contributed by atoms with van der Waals surface area (Å²) in [7, 11) is 0. The molecule has 27 heavy (non-hydrogen) atoms. The highest BCUT2D eigenvalue weighted by atomic mass is 32.2. The zero-order valence-electron chi connectivity index (χ0n) is 15.3. The van der Waals surface area contributed by atoms with Gasteiger partial charge in [-0.2, -0.15) is 4.68 Å². The van der Waals surface area contributed by atoms with Crippen molar-refractivity contribution < 1.29 is 0 Å². The van der Waals surface area contributed by atoms with Gasteiger partial charge in [0.15, 0.2) is 0 Å². The molecule has 4 nitrogen and oxygen atoms in total. The molecule has 0 amide bonds. The van der Waals surface area contributed by atoms with Crippen molar-refractivity contribution >= 4 is 11.8 Å². The maximum atomic E-state index is 4.20. The van der Waals surface area contributed by atoms with E-state index in [0.717, 1.165) is 22.2 Å². The van der Waals surface area contributed by atoms with E-state index in [1.807, 2.05) is 10.7 Å². The molecule has 4 aromatic rings.